The number of hydrogen-bond donors (Lipinski definition) is 1. The van der Waals surface area contributed by atoms with Crippen LogP contribution in [-0.2, 0) is 16.6 Å². The number of benzene rings is 1. The summed E-state index contributed by atoms with van der Waals surface area (Å²) in [6.45, 7) is 2.07. The van der Waals surface area contributed by atoms with Crippen molar-refractivity contribution in [1.29, 1.82) is 0 Å². The van der Waals surface area contributed by atoms with Crippen LogP contribution in [0.1, 0.15) is 35.7 Å². The third-order valence-electron chi connectivity index (χ3n) is 2.25. The van der Waals surface area contributed by atoms with Crippen molar-refractivity contribution in [3.8, 4) is 0 Å². The van der Waals surface area contributed by atoms with Crippen LogP contribution < -0.4 is 0 Å². The molecule has 0 spiro atoms. The van der Waals surface area contributed by atoms with Crippen molar-refractivity contribution in [2.45, 2.75) is 25.5 Å². The van der Waals surface area contributed by atoms with E-state index in [1.165, 1.54) is 0 Å². The number of carboxylic acids is 1. The van der Waals surface area contributed by atoms with E-state index in [2.05, 4.69) is 6.92 Å². The van der Waals surface area contributed by atoms with Crippen LogP contribution >= 0.6 is 0 Å². The lowest BCUT2D eigenvalue weighted by atomic mass is 10.1. The van der Waals surface area contributed by atoms with Crippen LogP contribution in [0.3, 0.4) is 0 Å². The first kappa shape index (κ1) is 12.9. The monoisotopic (exact) mass is 240 g/mol. The van der Waals surface area contributed by atoms with E-state index >= 15 is 0 Å². The third-order valence-corrected chi connectivity index (χ3v) is 3.65. The molecule has 0 heterocycles. The lowest BCUT2D eigenvalue weighted by molar-refractivity contribution is 0.0697. The molecule has 0 aromatic heterocycles. The van der Waals surface area contributed by atoms with E-state index in [1.54, 1.807) is 24.3 Å². The average Bonchev–Trinajstić information content (AvgIpc) is 2.27. The maximum atomic E-state index is 11.6. The topological polar surface area (TPSA) is 54.4 Å². The zero-order chi connectivity index (χ0) is 12.0. The highest BCUT2D eigenvalue weighted by molar-refractivity contribution is 7.84. The molecule has 1 atom stereocenters. The molecule has 1 unspecified atom stereocenters. The summed E-state index contributed by atoms with van der Waals surface area (Å²) < 4.78 is 11.6. The Morgan fingerprint density at radius 3 is 2.44 bits per heavy atom. The van der Waals surface area contributed by atoms with Gasteiger partial charge in [0.25, 0.3) is 0 Å². The molecule has 0 saturated carbocycles. The van der Waals surface area contributed by atoms with Crippen LogP contribution in [0.4, 0.5) is 0 Å². The Labute approximate surface area is 98.0 Å². The minimum atomic E-state index is -0.932. The van der Waals surface area contributed by atoms with Gasteiger partial charge in [-0.15, -0.1) is 0 Å². The van der Waals surface area contributed by atoms with E-state index < -0.39 is 16.8 Å². The van der Waals surface area contributed by atoms with Crippen LogP contribution in [0.5, 0.6) is 0 Å². The summed E-state index contributed by atoms with van der Waals surface area (Å²) in [5.41, 5.74) is 1.20. The van der Waals surface area contributed by atoms with Gasteiger partial charge in [0.2, 0.25) is 0 Å². The van der Waals surface area contributed by atoms with Crippen molar-refractivity contribution in [2.24, 2.45) is 0 Å². The molecule has 0 bridgehead atoms. The standard InChI is InChI=1S/C12H16O3S/c1-2-3-8-16(15)9-10-4-6-11(7-5-10)12(13)14/h4-7H,2-3,8-9H2,1H3,(H,13,14). The number of hydrogen-bond acceptors (Lipinski definition) is 2. The number of carbonyl (C=O) groups is 1. The summed E-state index contributed by atoms with van der Waals surface area (Å²) in [5.74, 6) is 0.301. The Kier molecular flexibility index (Phi) is 5.19. The summed E-state index contributed by atoms with van der Waals surface area (Å²) in [6.07, 6.45) is 2.02. The molecule has 0 saturated heterocycles. The lowest BCUT2D eigenvalue weighted by Crippen LogP contribution is -2.01. The molecule has 4 heteroatoms. The van der Waals surface area contributed by atoms with Crippen molar-refractivity contribution < 1.29 is 14.1 Å². The summed E-state index contributed by atoms with van der Waals surface area (Å²) in [4.78, 5) is 10.6. The Morgan fingerprint density at radius 2 is 1.94 bits per heavy atom. The highest BCUT2D eigenvalue weighted by atomic mass is 32.2. The van der Waals surface area contributed by atoms with Crippen LogP contribution in [0.2, 0.25) is 0 Å². The summed E-state index contributed by atoms with van der Waals surface area (Å²) in [7, 11) is -0.836. The number of carboxylic acid groups (broad SMARTS) is 1. The lowest BCUT2D eigenvalue weighted by Gasteiger charge is -2.02. The smallest absolute Gasteiger partial charge is 0.335 e. The van der Waals surface area contributed by atoms with Crippen LogP contribution in [0.25, 0.3) is 0 Å². The van der Waals surface area contributed by atoms with E-state index in [0.717, 1.165) is 24.2 Å². The van der Waals surface area contributed by atoms with Crippen LogP contribution in [0, 0.1) is 0 Å². The van der Waals surface area contributed by atoms with Gasteiger partial charge < -0.3 is 5.11 Å². The summed E-state index contributed by atoms with van der Waals surface area (Å²) in [5, 5.41) is 8.71. The molecular formula is C12H16O3S. The molecule has 1 aromatic carbocycles. The molecule has 0 aliphatic rings. The summed E-state index contributed by atoms with van der Waals surface area (Å²) in [6, 6.07) is 6.56. The molecule has 0 aliphatic heterocycles. The number of rotatable bonds is 6. The molecule has 88 valence electrons. The minimum absolute atomic E-state index is 0.267. The van der Waals surface area contributed by atoms with E-state index in [0.29, 0.717) is 5.75 Å². The average molecular weight is 240 g/mol. The molecule has 1 aromatic rings. The van der Waals surface area contributed by atoms with Gasteiger partial charge in [-0.25, -0.2) is 4.79 Å². The van der Waals surface area contributed by atoms with Crippen molar-refractivity contribution in [3.63, 3.8) is 0 Å². The Morgan fingerprint density at radius 1 is 1.31 bits per heavy atom. The third kappa shape index (κ3) is 4.14. The van der Waals surface area contributed by atoms with E-state index in [4.69, 9.17) is 5.11 Å². The maximum Gasteiger partial charge on any atom is 0.335 e. The normalized spacial score (nSPS) is 12.3. The van der Waals surface area contributed by atoms with Gasteiger partial charge in [-0.1, -0.05) is 25.5 Å². The molecule has 1 N–H and O–H groups in total. The van der Waals surface area contributed by atoms with Crippen molar-refractivity contribution in [3.05, 3.63) is 35.4 Å². The van der Waals surface area contributed by atoms with Gasteiger partial charge >= 0.3 is 5.97 Å². The molecule has 0 aliphatic carbocycles. The van der Waals surface area contributed by atoms with Gasteiger partial charge in [0.1, 0.15) is 0 Å². The Bertz CT molecular complexity index is 370. The first-order valence-electron chi connectivity index (χ1n) is 5.30. The maximum absolute atomic E-state index is 11.6. The minimum Gasteiger partial charge on any atom is -0.478 e. The van der Waals surface area contributed by atoms with Gasteiger partial charge in [-0.2, -0.15) is 0 Å². The van der Waals surface area contributed by atoms with Crippen LogP contribution in [-0.4, -0.2) is 21.0 Å². The van der Waals surface area contributed by atoms with Crippen LogP contribution in [0.15, 0.2) is 24.3 Å². The van der Waals surface area contributed by atoms with Crippen molar-refractivity contribution in [1.82, 2.24) is 0 Å². The zero-order valence-electron chi connectivity index (χ0n) is 9.31. The second-order valence-corrected chi connectivity index (χ2v) is 5.22. The fourth-order valence-electron chi connectivity index (χ4n) is 1.31. The largest absolute Gasteiger partial charge is 0.478 e. The molecule has 3 nitrogen and oxygen atoms in total. The second-order valence-electron chi connectivity index (χ2n) is 3.64. The Balaban J connectivity index is 2.55. The van der Waals surface area contributed by atoms with E-state index in [9.17, 15) is 9.00 Å². The highest BCUT2D eigenvalue weighted by Crippen LogP contribution is 2.08. The summed E-state index contributed by atoms with van der Waals surface area (Å²) >= 11 is 0. The Hall–Kier alpha value is -1.16. The van der Waals surface area contributed by atoms with Crippen molar-refractivity contribution in [2.75, 3.05) is 5.75 Å². The van der Waals surface area contributed by atoms with Gasteiger partial charge in [-0.05, 0) is 24.1 Å². The zero-order valence-corrected chi connectivity index (χ0v) is 10.1. The van der Waals surface area contributed by atoms with Gasteiger partial charge in [0, 0.05) is 22.3 Å². The predicted molar refractivity (Wildman–Crippen MR) is 65.0 cm³/mol. The molecule has 16 heavy (non-hydrogen) atoms. The fourth-order valence-corrected chi connectivity index (χ4v) is 2.63. The van der Waals surface area contributed by atoms with E-state index in [-0.39, 0.29) is 5.56 Å². The number of aromatic carboxylic acids is 1. The van der Waals surface area contributed by atoms with Gasteiger partial charge in [0.15, 0.2) is 0 Å². The molecule has 0 fully saturated rings. The van der Waals surface area contributed by atoms with Gasteiger partial charge in [-0.3, -0.25) is 4.21 Å². The highest BCUT2D eigenvalue weighted by Gasteiger charge is 2.04. The van der Waals surface area contributed by atoms with E-state index in [1.807, 2.05) is 0 Å². The quantitative estimate of drug-likeness (QED) is 0.831. The van der Waals surface area contributed by atoms with Crippen molar-refractivity contribution >= 4 is 16.8 Å². The molecular weight excluding hydrogens is 224 g/mol. The molecule has 0 radical (unpaired) electrons. The fraction of sp³-hybridized carbons (Fsp3) is 0.417. The molecule has 0 amide bonds. The second kappa shape index (κ2) is 6.43. The first-order valence-corrected chi connectivity index (χ1v) is 6.79. The predicted octanol–water partition coefficient (Wildman–Crippen LogP) is 2.43. The SMILES string of the molecule is CCCCS(=O)Cc1ccc(C(=O)O)cc1. The molecule has 1 rings (SSSR count). The number of unbranched alkanes of at least 4 members (excludes halogenated alkanes) is 1. The first-order chi connectivity index (χ1) is 7.63. The van der Waals surface area contributed by atoms with Gasteiger partial charge in [0.05, 0.1) is 5.56 Å².